The van der Waals surface area contributed by atoms with Crippen LogP contribution in [0.15, 0.2) is 53.7 Å². The van der Waals surface area contributed by atoms with E-state index in [-0.39, 0.29) is 16.8 Å². The number of hydrogen-bond donors (Lipinski definition) is 2. The normalized spacial score (nSPS) is 12.6. The number of anilines is 1. The first-order valence-corrected chi connectivity index (χ1v) is 8.74. The van der Waals surface area contributed by atoms with Crippen LogP contribution in [-0.4, -0.2) is 25.4 Å². The number of sulfonamides is 1. The second-order valence-electron chi connectivity index (χ2n) is 5.14. The van der Waals surface area contributed by atoms with Gasteiger partial charge in [0, 0.05) is 29.7 Å². The first kappa shape index (κ1) is 17.1. The van der Waals surface area contributed by atoms with Crippen molar-refractivity contribution in [3.05, 3.63) is 54.4 Å². The number of pyridine rings is 1. The average molecular weight is 333 g/mol. The minimum absolute atomic E-state index is 0.133. The molecule has 0 saturated heterocycles. The lowest BCUT2D eigenvalue weighted by molar-refractivity contribution is 0.102. The molecule has 1 unspecified atom stereocenters. The minimum atomic E-state index is -3.54. The van der Waals surface area contributed by atoms with Gasteiger partial charge in [0.2, 0.25) is 10.0 Å². The van der Waals surface area contributed by atoms with Crippen LogP contribution in [0.5, 0.6) is 0 Å². The first-order chi connectivity index (χ1) is 10.9. The quantitative estimate of drug-likeness (QED) is 0.850. The molecular formula is C16H19N3O3S. The summed E-state index contributed by atoms with van der Waals surface area (Å²) in [6, 6.07) is 9.12. The molecule has 0 aliphatic rings. The second-order valence-corrected chi connectivity index (χ2v) is 6.86. The third-order valence-corrected chi connectivity index (χ3v) is 4.94. The predicted molar refractivity (Wildman–Crippen MR) is 88.7 cm³/mol. The third-order valence-electron chi connectivity index (χ3n) is 3.33. The monoisotopic (exact) mass is 333 g/mol. The van der Waals surface area contributed by atoms with E-state index >= 15 is 0 Å². The highest BCUT2D eigenvalue weighted by Gasteiger charge is 2.16. The second kappa shape index (κ2) is 7.34. The van der Waals surface area contributed by atoms with Gasteiger partial charge in [0.1, 0.15) is 0 Å². The molecule has 0 bridgehead atoms. The molecule has 0 saturated carbocycles. The Morgan fingerprint density at radius 1 is 1.13 bits per heavy atom. The Bertz CT molecular complexity index is 759. The number of carbonyl (C=O) groups excluding carboxylic acids is 1. The lowest BCUT2D eigenvalue weighted by Gasteiger charge is -2.12. The zero-order chi connectivity index (χ0) is 16.9. The van der Waals surface area contributed by atoms with E-state index in [2.05, 4.69) is 15.0 Å². The topological polar surface area (TPSA) is 88.2 Å². The van der Waals surface area contributed by atoms with Crippen LogP contribution in [0.2, 0.25) is 0 Å². The highest BCUT2D eigenvalue weighted by molar-refractivity contribution is 7.89. The molecule has 1 amide bonds. The Morgan fingerprint density at radius 3 is 2.30 bits per heavy atom. The van der Waals surface area contributed by atoms with Gasteiger partial charge in [0.05, 0.1) is 4.90 Å². The van der Waals surface area contributed by atoms with Crippen LogP contribution in [0.25, 0.3) is 0 Å². The lowest BCUT2D eigenvalue weighted by Crippen LogP contribution is -2.31. The molecule has 2 rings (SSSR count). The van der Waals surface area contributed by atoms with Crippen LogP contribution < -0.4 is 10.0 Å². The predicted octanol–water partition coefficient (Wildman–Crippen LogP) is 2.41. The zero-order valence-corrected chi connectivity index (χ0v) is 13.8. The van der Waals surface area contributed by atoms with Gasteiger partial charge in [0.15, 0.2) is 0 Å². The van der Waals surface area contributed by atoms with Crippen molar-refractivity contribution in [1.29, 1.82) is 0 Å². The minimum Gasteiger partial charge on any atom is -0.322 e. The van der Waals surface area contributed by atoms with Crippen molar-refractivity contribution in [1.82, 2.24) is 9.71 Å². The molecule has 7 heteroatoms. The summed E-state index contributed by atoms with van der Waals surface area (Å²) < 4.78 is 26.9. The molecule has 2 aromatic rings. The van der Waals surface area contributed by atoms with Gasteiger partial charge < -0.3 is 5.32 Å². The summed E-state index contributed by atoms with van der Waals surface area (Å²) in [6.07, 6.45) is 3.77. The molecule has 1 atom stereocenters. The van der Waals surface area contributed by atoms with Crippen LogP contribution in [0.1, 0.15) is 30.6 Å². The Kier molecular flexibility index (Phi) is 5.46. The Labute approximate surface area is 136 Å². The van der Waals surface area contributed by atoms with E-state index in [1.807, 2.05) is 6.92 Å². The van der Waals surface area contributed by atoms with Crippen molar-refractivity contribution in [2.24, 2.45) is 0 Å². The Morgan fingerprint density at radius 2 is 1.74 bits per heavy atom. The molecule has 1 aromatic heterocycles. The summed E-state index contributed by atoms with van der Waals surface area (Å²) >= 11 is 0. The maximum absolute atomic E-state index is 12.2. The van der Waals surface area contributed by atoms with Crippen LogP contribution in [0, 0.1) is 0 Å². The summed E-state index contributed by atoms with van der Waals surface area (Å²) in [4.78, 5) is 16.0. The van der Waals surface area contributed by atoms with Crippen molar-refractivity contribution in [3.63, 3.8) is 0 Å². The van der Waals surface area contributed by atoms with E-state index in [1.165, 1.54) is 24.5 Å². The number of hydrogen-bond acceptors (Lipinski definition) is 4. The summed E-state index contributed by atoms with van der Waals surface area (Å²) in [5.41, 5.74) is 1.00. The molecule has 6 nitrogen and oxygen atoms in total. The Balaban J connectivity index is 2.09. The van der Waals surface area contributed by atoms with E-state index in [0.717, 1.165) is 0 Å². The van der Waals surface area contributed by atoms with Crippen molar-refractivity contribution in [3.8, 4) is 0 Å². The van der Waals surface area contributed by atoms with Crippen molar-refractivity contribution in [2.45, 2.75) is 31.2 Å². The van der Waals surface area contributed by atoms with Crippen molar-refractivity contribution >= 4 is 21.6 Å². The highest BCUT2D eigenvalue weighted by Crippen LogP contribution is 2.15. The van der Waals surface area contributed by atoms with Crippen molar-refractivity contribution in [2.75, 3.05) is 5.32 Å². The number of nitrogens with one attached hydrogen (secondary N) is 2. The van der Waals surface area contributed by atoms with Gasteiger partial charge >= 0.3 is 0 Å². The molecule has 0 spiro atoms. The summed E-state index contributed by atoms with van der Waals surface area (Å²) in [6.45, 7) is 3.71. The molecule has 0 aliphatic heterocycles. The summed E-state index contributed by atoms with van der Waals surface area (Å²) in [5, 5.41) is 2.71. The Hall–Kier alpha value is -2.25. The van der Waals surface area contributed by atoms with E-state index in [9.17, 15) is 13.2 Å². The number of nitrogens with zero attached hydrogens (tertiary/aromatic N) is 1. The molecule has 1 aromatic carbocycles. The third kappa shape index (κ3) is 4.61. The van der Waals surface area contributed by atoms with Gasteiger partial charge in [-0.3, -0.25) is 9.78 Å². The van der Waals surface area contributed by atoms with E-state index < -0.39 is 10.0 Å². The zero-order valence-electron chi connectivity index (χ0n) is 13.0. The number of aromatic nitrogens is 1. The number of benzene rings is 1. The maximum Gasteiger partial charge on any atom is 0.255 e. The SMILES string of the molecule is CCC(C)NS(=O)(=O)c1ccc(NC(=O)c2ccncc2)cc1. The number of carbonyl (C=O) groups is 1. The summed E-state index contributed by atoms with van der Waals surface area (Å²) in [7, 11) is -3.54. The van der Waals surface area contributed by atoms with Gasteiger partial charge in [-0.25, -0.2) is 13.1 Å². The molecule has 0 aliphatic carbocycles. The summed E-state index contributed by atoms with van der Waals surface area (Å²) in [5.74, 6) is -0.277. The fourth-order valence-corrected chi connectivity index (χ4v) is 3.17. The number of amides is 1. The number of rotatable bonds is 6. The molecule has 23 heavy (non-hydrogen) atoms. The van der Waals surface area contributed by atoms with Gasteiger partial charge in [-0.1, -0.05) is 6.92 Å². The largest absolute Gasteiger partial charge is 0.322 e. The van der Waals surface area contributed by atoms with Crippen LogP contribution >= 0.6 is 0 Å². The first-order valence-electron chi connectivity index (χ1n) is 7.26. The van der Waals surface area contributed by atoms with Gasteiger partial charge in [-0.2, -0.15) is 0 Å². The molecule has 2 N–H and O–H groups in total. The van der Waals surface area contributed by atoms with E-state index in [0.29, 0.717) is 17.7 Å². The maximum atomic E-state index is 12.2. The standard InChI is InChI=1S/C16H19N3O3S/c1-3-12(2)19-23(21,22)15-6-4-14(5-7-15)18-16(20)13-8-10-17-11-9-13/h4-12,19H,3H2,1-2H3,(H,18,20). The van der Waals surface area contributed by atoms with Gasteiger partial charge in [-0.05, 0) is 49.7 Å². The molecular weight excluding hydrogens is 314 g/mol. The highest BCUT2D eigenvalue weighted by atomic mass is 32.2. The molecule has 122 valence electrons. The van der Waals surface area contributed by atoms with Crippen LogP contribution in [0.3, 0.4) is 0 Å². The molecule has 1 heterocycles. The lowest BCUT2D eigenvalue weighted by atomic mass is 10.2. The van der Waals surface area contributed by atoms with Crippen molar-refractivity contribution < 1.29 is 13.2 Å². The van der Waals surface area contributed by atoms with Crippen LogP contribution in [0.4, 0.5) is 5.69 Å². The average Bonchev–Trinajstić information content (AvgIpc) is 2.55. The molecule has 0 radical (unpaired) electrons. The van der Waals surface area contributed by atoms with Gasteiger partial charge in [0.25, 0.3) is 5.91 Å². The fourth-order valence-electron chi connectivity index (χ4n) is 1.84. The van der Waals surface area contributed by atoms with E-state index in [1.54, 1.807) is 31.2 Å². The smallest absolute Gasteiger partial charge is 0.255 e. The van der Waals surface area contributed by atoms with E-state index in [4.69, 9.17) is 0 Å². The van der Waals surface area contributed by atoms with Crippen LogP contribution in [-0.2, 0) is 10.0 Å². The fraction of sp³-hybridized carbons (Fsp3) is 0.250. The molecule has 0 fully saturated rings. The van der Waals surface area contributed by atoms with Gasteiger partial charge in [-0.15, -0.1) is 0 Å².